The molecule has 3 heteroatoms. The zero-order chi connectivity index (χ0) is 10.8. The van der Waals surface area contributed by atoms with Gasteiger partial charge < -0.3 is 9.72 Å². The third-order valence-electron chi connectivity index (χ3n) is 2.30. The summed E-state index contributed by atoms with van der Waals surface area (Å²) in [6.07, 6.45) is 2.05. The average Bonchev–Trinajstić information content (AvgIpc) is 2.56. The minimum atomic E-state index is 0.810. The first kappa shape index (κ1) is 9.77. The summed E-state index contributed by atoms with van der Waals surface area (Å²) in [7, 11) is 5.68. The lowest BCUT2D eigenvalue weighted by molar-refractivity contribution is -0.458. The average molecular weight is 203 g/mol. The van der Waals surface area contributed by atoms with Gasteiger partial charge in [0, 0.05) is 10.9 Å². The van der Waals surface area contributed by atoms with E-state index in [9.17, 15) is 0 Å². The number of aromatic amines is 1. The standard InChI is InChI=1S/C12H14N2O/c1-14(2)8-10-9-6-4-5-7-11(9)13-12(10)15-3/h4-8H,1-3H3/p+1. The molecule has 0 unspecified atom stereocenters. The second-order valence-corrected chi connectivity index (χ2v) is 3.71. The Balaban J connectivity index is 2.72. The fraction of sp³-hybridized carbons (Fsp3) is 0.250. The molecule has 0 saturated carbocycles. The number of aromatic nitrogens is 1. The molecule has 0 fully saturated rings. The number of nitrogens with one attached hydrogen (secondary N) is 1. The molecule has 0 aliphatic heterocycles. The maximum absolute atomic E-state index is 5.32. The second-order valence-electron chi connectivity index (χ2n) is 3.71. The monoisotopic (exact) mass is 203 g/mol. The van der Waals surface area contributed by atoms with E-state index in [4.69, 9.17) is 4.74 Å². The predicted molar refractivity (Wildman–Crippen MR) is 62.1 cm³/mol. The van der Waals surface area contributed by atoms with E-state index in [0.29, 0.717) is 0 Å². The lowest BCUT2D eigenvalue weighted by Crippen LogP contribution is -2.00. The number of hydrogen-bond donors (Lipinski definition) is 1. The first-order valence-electron chi connectivity index (χ1n) is 4.88. The third kappa shape index (κ3) is 1.73. The summed E-state index contributed by atoms with van der Waals surface area (Å²) in [5.41, 5.74) is 2.19. The van der Waals surface area contributed by atoms with Crippen molar-refractivity contribution in [3.63, 3.8) is 0 Å². The number of fused-ring (bicyclic) bond motifs is 1. The number of ether oxygens (including phenoxy) is 1. The van der Waals surface area contributed by atoms with Crippen LogP contribution in [-0.2, 0) is 0 Å². The maximum atomic E-state index is 5.32. The molecule has 0 saturated heterocycles. The lowest BCUT2D eigenvalue weighted by Gasteiger charge is -1.95. The fourth-order valence-electron chi connectivity index (χ4n) is 1.69. The topological polar surface area (TPSA) is 28.0 Å². The molecule has 0 atom stereocenters. The number of rotatable bonds is 2. The zero-order valence-electron chi connectivity index (χ0n) is 9.24. The molecule has 1 N–H and O–H groups in total. The van der Waals surface area contributed by atoms with Crippen molar-refractivity contribution < 1.29 is 9.31 Å². The molecule has 1 aromatic heterocycles. The lowest BCUT2D eigenvalue weighted by atomic mass is 10.2. The van der Waals surface area contributed by atoms with E-state index in [2.05, 4.69) is 17.3 Å². The molecule has 0 aliphatic carbocycles. The van der Waals surface area contributed by atoms with Crippen LogP contribution in [0, 0.1) is 0 Å². The summed E-state index contributed by atoms with van der Waals surface area (Å²) >= 11 is 0. The Hall–Kier alpha value is -1.77. The van der Waals surface area contributed by atoms with Gasteiger partial charge in [0.2, 0.25) is 5.88 Å². The minimum Gasteiger partial charge on any atom is -0.482 e. The first-order valence-corrected chi connectivity index (χ1v) is 4.88. The Bertz CT molecular complexity index is 507. The van der Waals surface area contributed by atoms with Crippen LogP contribution in [0.5, 0.6) is 5.88 Å². The van der Waals surface area contributed by atoms with E-state index in [1.165, 1.54) is 5.39 Å². The van der Waals surface area contributed by atoms with Crippen molar-refractivity contribution >= 4 is 17.1 Å². The number of para-hydroxylation sites is 1. The van der Waals surface area contributed by atoms with Crippen LogP contribution in [0.25, 0.3) is 10.9 Å². The van der Waals surface area contributed by atoms with Gasteiger partial charge in [-0.3, -0.25) is 0 Å². The Kier molecular flexibility index (Phi) is 2.46. The molecule has 15 heavy (non-hydrogen) atoms. The molecule has 0 spiro atoms. The van der Waals surface area contributed by atoms with E-state index in [-0.39, 0.29) is 0 Å². The molecule has 0 amide bonds. The fourth-order valence-corrected chi connectivity index (χ4v) is 1.69. The summed E-state index contributed by atoms with van der Waals surface area (Å²) in [6.45, 7) is 0. The van der Waals surface area contributed by atoms with Crippen LogP contribution in [0.2, 0.25) is 0 Å². The van der Waals surface area contributed by atoms with Crippen LogP contribution >= 0.6 is 0 Å². The van der Waals surface area contributed by atoms with Gasteiger partial charge in [-0.25, -0.2) is 4.58 Å². The molecule has 1 heterocycles. The van der Waals surface area contributed by atoms with Crippen molar-refractivity contribution in [3.05, 3.63) is 29.8 Å². The molecule has 2 aromatic rings. The Morgan fingerprint density at radius 1 is 1.27 bits per heavy atom. The van der Waals surface area contributed by atoms with Gasteiger partial charge in [0.15, 0.2) is 6.21 Å². The van der Waals surface area contributed by atoms with E-state index in [1.807, 2.05) is 36.9 Å². The third-order valence-corrected chi connectivity index (χ3v) is 2.30. The normalized spacial score (nSPS) is 10.3. The van der Waals surface area contributed by atoms with E-state index in [1.54, 1.807) is 7.11 Å². The van der Waals surface area contributed by atoms with Crippen molar-refractivity contribution in [2.24, 2.45) is 0 Å². The molecular formula is C12H15N2O+. The van der Waals surface area contributed by atoms with Crippen LogP contribution in [-0.4, -0.2) is 37.0 Å². The highest BCUT2D eigenvalue weighted by Gasteiger charge is 2.11. The molecule has 0 radical (unpaired) electrons. The number of hydrogen-bond acceptors (Lipinski definition) is 1. The summed E-state index contributed by atoms with van der Waals surface area (Å²) < 4.78 is 7.33. The number of methoxy groups -OCH3 is 1. The predicted octanol–water partition coefficient (Wildman–Crippen LogP) is 1.87. The van der Waals surface area contributed by atoms with Gasteiger partial charge in [-0.2, -0.15) is 0 Å². The highest BCUT2D eigenvalue weighted by molar-refractivity contribution is 6.00. The van der Waals surface area contributed by atoms with Crippen molar-refractivity contribution in [2.45, 2.75) is 0 Å². The van der Waals surface area contributed by atoms with Crippen molar-refractivity contribution in [2.75, 3.05) is 21.2 Å². The van der Waals surface area contributed by atoms with E-state index in [0.717, 1.165) is 17.0 Å². The van der Waals surface area contributed by atoms with Crippen LogP contribution in [0.3, 0.4) is 0 Å². The van der Waals surface area contributed by atoms with E-state index >= 15 is 0 Å². The van der Waals surface area contributed by atoms with Gasteiger partial charge in [-0.05, 0) is 6.07 Å². The van der Waals surface area contributed by atoms with Gasteiger partial charge in [-0.15, -0.1) is 0 Å². The Morgan fingerprint density at radius 2 is 2.00 bits per heavy atom. The van der Waals surface area contributed by atoms with Crippen LogP contribution < -0.4 is 4.74 Å². The number of nitrogens with zero attached hydrogens (tertiary/aromatic N) is 1. The van der Waals surface area contributed by atoms with E-state index < -0.39 is 0 Å². The summed E-state index contributed by atoms with van der Waals surface area (Å²) in [5, 5.41) is 1.18. The molecule has 3 nitrogen and oxygen atoms in total. The van der Waals surface area contributed by atoms with Gasteiger partial charge in [0.05, 0.1) is 7.11 Å². The Labute approximate surface area is 89.0 Å². The molecule has 0 aliphatic rings. The van der Waals surface area contributed by atoms with Crippen LogP contribution in [0.1, 0.15) is 5.56 Å². The summed E-state index contributed by atoms with van der Waals surface area (Å²) in [6, 6.07) is 8.18. The smallest absolute Gasteiger partial charge is 0.205 e. The highest BCUT2D eigenvalue weighted by Crippen LogP contribution is 2.25. The number of benzene rings is 1. The van der Waals surface area contributed by atoms with Crippen molar-refractivity contribution in [1.82, 2.24) is 4.98 Å². The van der Waals surface area contributed by atoms with Gasteiger partial charge in [-0.1, -0.05) is 18.2 Å². The van der Waals surface area contributed by atoms with Crippen molar-refractivity contribution in [1.29, 1.82) is 0 Å². The van der Waals surface area contributed by atoms with Gasteiger partial charge >= 0.3 is 0 Å². The van der Waals surface area contributed by atoms with Gasteiger partial charge in [0.25, 0.3) is 0 Å². The van der Waals surface area contributed by atoms with Crippen LogP contribution in [0.4, 0.5) is 0 Å². The van der Waals surface area contributed by atoms with Gasteiger partial charge in [0.1, 0.15) is 19.7 Å². The SMILES string of the molecule is COc1[nH]c2ccccc2c1C=[N+](C)C. The maximum Gasteiger partial charge on any atom is 0.205 e. The van der Waals surface area contributed by atoms with Crippen LogP contribution in [0.15, 0.2) is 24.3 Å². The molecular weight excluding hydrogens is 188 g/mol. The quantitative estimate of drug-likeness (QED) is 0.585. The second kappa shape index (κ2) is 3.77. The van der Waals surface area contributed by atoms with Crippen molar-refractivity contribution in [3.8, 4) is 5.88 Å². The molecule has 1 aromatic carbocycles. The number of H-pyrrole nitrogens is 1. The largest absolute Gasteiger partial charge is 0.482 e. The Morgan fingerprint density at radius 3 is 2.67 bits per heavy atom. The summed E-state index contributed by atoms with van der Waals surface area (Å²) in [4.78, 5) is 3.24. The highest BCUT2D eigenvalue weighted by atomic mass is 16.5. The first-order chi connectivity index (χ1) is 7.22. The molecule has 78 valence electrons. The minimum absolute atomic E-state index is 0.810. The zero-order valence-corrected chi connectivity index (χ0v) is 9.24. The molecule has 2 rings (SSSR count). The summed E-state index contributed by atoms with van der Waals surface area (Å²) in [5.74, 6) is 0.810. The molecule has 0 bridgehead atoms.